The molecule has 2 N–H and O–H groups in total. The Bertz CT molecular complexity index is 971. The maximum Gasteiger partial charge on any atom is 0.341 e. The van der Waals surface area contributed by atoms with Gasteiger partial charge in [0.15, 0.2) is 6.61 Å². The summed E-state index contributed by atoms with van der Waals surface area (Å²) in [5.74, 6) is 0.0945. The molecule has 0 radical (unpaired) electrons. The first-order valence-corrected chi connectivity index (χ1v) is 11.0. The topological polar surface area (TPSA) is 80.7 Å². The summed E-state index contributed by atoms with van der Waals surface area (Å²) in [6, 6.07) is 20.1. The highest BCUT2D eigenvalue weighted by molar-refractivity contribution is 5.68. The lowest BCUT2D eigenvalue weighted by atomic mass is 9.81. The third-order valence-corrected chi connectivity index (χ3v) is 5.88. The van der Waals surface area contributed by atoms with E-state index in [-0.39, 0.29) is 12.6 Å². The molecule has 0 amide bonds. The van der Waals surface area contributed by atoms with E-state index in [4.69, 9.17) is 14.7 Å². The minimum atomic E-state index is -0.961. The highest BCUT2D eigenvalue weighted by atomic mass is 16.6. The van der Waals surface area contributed by atoms with Crippen LogP contribution in [0.25, 0.3) is 0 Å². The molecule has 4 rings (SSSR count). The number of nitrogens with one attached hydrogen (secondary N) is 1. The van der Waals surface area contributed by atoms with Crippen LogP contribution in [0.5, 0.6) is 5.75 Å². The van der Waals surface area contributed by atoms with Crippen molar-refractivity contribution in [2.75, 3.05) is 13.2 Å². The minimum Gasteiger partial charge on any atom is -0.482 e. The zero-order chi connectivity index (χ0) is 22.2. The molecule has 1 aliphatic carbocycles. The number of aromatic nitrogens is 1. The van der Waals surface area contributed by atoms with E-state index < -0.39 is 5.97 Å². The van der Waals surface area contributed by atoms with Gasteiger partial charge in [-0.1, -0.05) is 42.5 Å². The molecule has 0 saturated heterocycles. The zero-order valence-corrected chi connectivity index (χ0v) is 17.9. The van der Waals surface area contributed by atoms with Crippen LogP contribution in [-0.2, 0) is 16.1 Å². The molecular formula is C26H28N2O4. The number of hydroxylamine groups is 1. The fourth-order valence-corrected chi connectivity index (χ4v) is 4.36. The molecule has 1 aromatic heterocycles. The Morgan fingerprint density at radius 1 is 1.06 bits per heavy atom. The van der Waals surface area contributed by atoms with E-state index in [1.54, 1.807) is 12.4 Å². The number of carboxylic acids is 1. The summed E-state index contributed by atoms with van der Waals surface area (Å²) in [6.45, 7) is 0.253. The number of nitrogens with zero attached hydrogens (tertiary/aromatic N) is 1. The normalized spacial score (nSPS) is 16.2. The van der Waals surface area contributed by atoms with E-state index >= 15 is 0 Å². The summed E-state index contributed by atoms with van der Waals surface area (Å²) in [5, 5.41) is 8.93. The van der Waals surface area contributed by atoms with Crippen LogP contribution in [0.2, 0.25) is 0 Å². The summed E-state index contributed by atoms with van der Waals surface area (Å²) in [6.07, 6.45) is 7.51. The lowest BCUT2D eigenvalue weighted by Crippen LogP contribution is -2.24. The molecule has 0 bridgehead atoms. The van der Waals surface area contributed by atoms with Crippen LogP contribution in [0.15, 0.2) is 73.1 Å². The molecule has 0 spiro atoms. The first-order chi connectivity index (χ1) is 15.7. The lowest BCUT2D eigenvalue weighted by molar-refractivity contribution is -0.139. The van der Waals surface area contributed by atoms with E-state index in [1.807, 2.05) is 42.5 Å². The fourth-order valence-electron chi connectivity index (χ4n) is 4.36. The molecule has 2 unspecified atom stereocenters. The van der Waals surface area contributed by atoms with Gasteiger partial charge in [0, 0.05) is 12.4 Å². The molecular weight excluding hydrogens is 404 g/mol. The first kappa shape index (κ1) is 22.0. The average Bonchev–Trinajstić information content (AvgIpc) is 2.84. The van der Waals surface area contributed by atoms with Crippen molar-refractivity contribution < 1.29 is 19.5 Å². The summed E-state index contributed by atoms with van der Waals surface area (Å²) in [4.78, 5) is 21.0. The van der Waals surface area contributed by atoms with Crippen molar-refractivity contribution in [2.45, 2.75) is 37.6 Å². The molecule has 0 saturated carbocycles. The number of fused-ring (bicyclic) bond motifs is 1. The fraction of sp³-hybridized carbons (Fsp3) is 0.308. The largest absolute Gasteiger partial charge is 0.482 e. The van der Waals surface area contributed by atoms with Crippen LogP contribution < -0.4 is 10.2 Å². The smallest absolute Gasteiger partial charge is 0.341 e. The van der Waals surface area contributed by atoms with Gasteiger partial charge in [-0.15, -0.1) is 0 Å². The Kier molecular flexibility index (Phi) is 7.48. The maximum absolute atomic E-state index is 10.9. The molecule has 1 heterocycles. The highest BCUT2D eigenvalue weighted by Crippen LogP contribution is 2.38. The Labute approximate surface area is 188 Å². The summed E-state index contributed by atoms with van der Waals surface area (Å²) in [7, 11) is 0. The second-order valence-electron chi connectivity index (χ2n) is 7.97. The number of hydrogen-bond donors (Lipinski definition) is 2. The van der Waals surface area contributed by atoms with Gasteiger partial charge in [-0.25, -0.2) is 4.79 Å². The van der Waals surface area contributed by atoms with Crippen LogP contribution in [-0.4, -0.2) is 29.3 Å². The molecule has 3 aromatic rings. The van der Waals surface area contributed by atoms with Gasteiger partial charge in [0.2, 0.25) is 0 Å². The molecule has 166 valence electrons. The van der Waals surface area contributed by atoms with Crippen LogP contribution in [0.1, 0.15) is 53.5 Å². The minimum absolute atomic E-state index is 0.0751. The Morgan fingerprint density at radius 3 is 2.62 bits per heavy atom. The first-order valence-electron chi connectivity index (χ1n) is 11.0. The Hall–Kier alpha value is -3.22. The van der Waals surface area contributed by atoms with Gasteiger partial charge in [-0.3, -0.25) is 4.98 Å². The van der Waals surface area contributed by atoms with Crippen LogP contribution in [0.3, 0.4) is 0 Å². The molecule has 1 aliphatic rings. The number of benzene rings is 2. The van der Waals surface area contributed by atoms with Crippen molar-refractivity contribution in [2.24, 2.45) is 0 Å². The highest BCUT2D eigenvalue weighted by Gasteiger charge is 2.23. The van der Waals surface area contributed by atoms with Gasteiger partial charge in [0.05, 0.1) is 12.6 Å². The number of ether oxygens (including phenoxy) is 1. The van der Waals surface area contributed by atoms with Gasteiger partial charge < -0.3 is 14.7 Å². The predicted octanol–water partition coefficient (Wildman–Crippen LogP) is 4.67. The van der Waals surface area contributed by atoms with Gasteiger partial charge in [-0.2, -0.15) is 5.48 Å². The van der Waals surface area contributed by atoms with Crippen molar-refractivity contribution in [3.63, 3.8) is 0 Å². The monoisotopic (exact) mass is 432 g/mol. The summed E-state index contributed by atoms with van der Waals surface area (Å²) in [5.41, 5.74) is 7.84. The average molecular weight is 433 g/mol. The quantitative estimate of drug-likeness (QED) is 0.358. The molecule has 0 aliphatic heterocycles. The number of aliphatic carboxylic acids is 1. The number of rotatable bonds is 10. The molecule has 6 heteroatoms. The van der Waals surface area contributed by atoms with E-state index in [0.717, 1.165) is 42.4 Å². The number of pyridine rings is 1. The SMILES string of the molecule is O=C(O)COc1cccc2c1CCCC2CCONC(c1ccccc1)c1ccncc1. The maximum atomic E-state index is 10.9. The van der Waals surface area contributed by atoms with Crippen LogP contribution in [0.4, 0.5) is 0 Å². The summed E-state index contributed by atoms with van der Waals surface area (Å²) < 4.78 is 5.52. The van der Waals surface area contributed by atoms with Gasteiger partial charge in [-0.05, 0) is 72.1 Å². The van der Waals surface area contributed by atoms with E-state index in [0.29, 0.717) is 18.3 Å². The second-order valence-corrected chi connectivity index (χ2v) is 7.97. The molecule has 32 heavy (non-hydrogen) atoms. The molecule has 0 fully saturated rings. The van der Waals surface area contributed by atoms with Gasteiger partial charge >= 0.3 is 5.97 Å². The van der Waals surface area contributed by atoms with E-state index in [1.165, 1.54) is 5.56 Å². The lowest BCUT2D eigenvalue weighted by Gasteiger charge is -2.27. The Balaban J connectivity index is 1.38. The van der Waals surface area contributed by atoms with Crippen molar-refractivity contribution in [1.29, 1.82) is 0 Å². The molecule has 2 aromatic carbocycles. The zero-order valence-electron chi connectivity index (χ0n) is 17.9. The van der Waals surface area contributed by atoms with Gasteiger partial charge in [0.25, 0.3) is 0 Å². The third kappa shape index (κ3) is 5.52. The van der Waals surface area contributed by atoms with Gasteiger partial charge in [0.1, 0.15) is 5.75 Å². The third-order valence-electron chi connectivity index (χ3n) is 5.88. The summed E-state index contributed by atoms with van der Waals surface area (Å²) >= 11 is 0. The van der Waals surface area contributed by atoms with Crippen molar-refractivity contribution in [3.05, 3.63) is 95.3 Å². The number of hydrogen-bond acceptors (Lipinski definition) is 5. The Morgan fingerprint density at radius 2 is 1.84 bits per heavy atom. The van der Waals surface area contributed by atoms with Crippen molar-refractivity contribution in [1.82, 2.24) is 10.5 Å². The standard InChI is InChI=1S/C26H28N2O4/c29-25(30)18-31-24-11-5-9-22-19(8-4-10-23(22)24)14-17-32-28-26(20-6-2-1-3-7-20)21-12-15-27-16-13-21/h1-3,5-7,9,11-13,15-16,19,26,28H,4,8,10,14,17-18H2,(H,29,30). The van der Waals surface area contributed by atoms with Crippen LogP contribution in [0, 0.1) is 0 Å². The van der Waals surface area contributed by atoms with E-state index in [9.17, 15) is 4.79 Å². The van der Waals surface area contributed by atoms with Crippen molar-refractivity contribution >= 4 is 5.97 Å². The van der Waals surface area contributed by atoms with Crippen LogP contribution >= 0.6 is 0 Å². The van der Waals surface area contributed by atoms with Crippen molar-refractivity contribution in [3.8, 4) is 5.75 Å². The molecule has 2 atom stereocenters. The predicted molar refractivity (Wildman–Crippen MR) is 121 cm³/mol. The number of carboxylic acid groups (broad SMARTS) is 1. The number of carbonyl (C=O) groups is 1. The molecule has 6 nitrogen and oxygen atoms in total. The second kappa shape index (κ2) is 10.9. The van der Waals surface area contributed by atoms with E-state index in [2.05, 4.69) is 28.7 Å².